The average molecular weight is 367 g/mol. The Morgan fingerprint density at radius 3 is 2.85 bits per heavy atom. The second-order valence-corrected chi connectivity index (χ2v) is 5.93. The number of carbonyl (C=O) groups is 1. The maximum atomic E-state index is 12.0. The predicted octanol–water partition coefficient (Wildman–Crippen LogP) is 1.56. The van der Waals surface area contributed by atoms with Crippen LogP contribution in [0.3, 0.4) is 0 Å². The van der Waals surface area contributed by atoms with Gasteiger partial charge in [0.25, 0.3) is 11.6 Å². The maximum Gasteiger partial charge on any atom is 0.293 e. The van der Waals surface area contributed by atoms with Crippen molar-refractivity contribution in [2.75, 3.05) is 19.0 Å². The molecule has 0 aliphatic carbocycles. The Labute approximate surface area is 154 Å². The first-order chi connectivity index (χ1) is 13.0. The standard InChI is InChI=1S/C17H17N7O3/c1-22(2)15-8-7-12(9-16(15)24(26)27)10-18-20-17(25)11-23-14-6-4-3-5-13(14)19-21-23/h3-10H,11H2,1-2H3,(H,20,25)/b18-10-. The number of amides is 1. The fourth-order valence-corrected chi connectivity index (χ4v) is 2.53. The lowest BCUT2D eigenvalue weighted by Gasteiger charge is -2.12. The van der Waals surface area contributed by atoms with Crippen LogP contribution in [0, 0.1) is 10.1 Å². The van der Waals surface area contributed by atoms with Crippen molar-refractivity contribution in [3.63, 3.8) is 0 Å². The highest BCUT2D eigenvalue weighted by atomic mass is 16.6. The van der Waals surface area contributed by atoms with E-state index in [2.05, 4.69) is 20.8 Å². The van der Waals surface area contributed by atoms with Crippen molar-refractivity contribution in [3.05, 3.63) is 58.1 Å². The summed E-state index contributed by atoms with van der Waals surface area (Å²) >= 11 is 0. The van der Waals surface area contributed by atoms with Crippen LogP contribution in [0.25, 0.3) is 11.0 Å². The van der Waals surface area contributed by atoms with Crippen molar-refractivity contribution in [1.82, 2.24) is 20.4 Å². The Hall–Kier alpha value is -3.82. The van der Waals surface area contributed by atoms with Crippen LogP contribution in [0.5, 0.6) is 0 Å². The number of nitrogens with one attached hydrogen (secondary N) is 1. The Balaban J connectivity index is 1.67. The van der Waals surface area contributed by atoms with Gasteiger partial charge in [-0.05, 0) is 18.2 Å². The smallest absolute Gasteiger partial charge is 0.293 e. The summed E-state index contributed by atoms with van der Waals surface area (Å²) in [7, 11) is 3.45. The molecule has 3 rings (SSSR count). The first kappa shape index (κ1) is 18.0. The number of anilines is 1. The lowest BCUT2D eigenvalue weighted by Crippen LogP contribution is -2.23. The number of carbonyl (C=O) groups excluding carboxylic acids is 1. The van der Waals surface area contributed by atoms with Crippen LogP contribution in [0.4, 0.5) is 11.4 Å². The molecule has 0 spiro atoms. The number of nitro benzene ring substituents is 1. The van der Waals surface area contributed by atoms with Crippen LogP contribution in [0.2, 0.25) is 0 Å². The largest absolute Gasteiger partial charge is 0.372 e. The van der Waals surface area contributed by atoms with Crippen LogP contribution in [-0.2, 0) is 11.3 Å². The van der Waals surface area contributed by atoms with Crippen molar-refractivity contribution in [1.29, 1.82) is 0 Å². The van der Waals surface area contributed by atoms with Gasteiger partial charge in [0, 0.05) is 25.7 Å². The summed E-state index contributed by atoms with van der Waals surface area (Å²) in [4.78, 5) is 24.4. The molecule has 3 aromatic rings. The number of rotatable bonds is 6. The van der Waals surface area contributed by atoms with Gasteiger partial charge >= 0.3 is 0 Å². The minimum absolute atomic E-state index is 0.0376. The number of hydrazone groups is 1. The molecule has 0 aliphatic rings. The fraction of sp³-hybridized carbons (Fsp3) is 0.176. The predicted molar refractivity (Wildman–Crippen MR) is 101 cm³/mol. The molecule has 27 heavy (non-hydrogen) atoms. The second kappa shape index (κ2) is 7.60. The molecule has 0 saturated carbocycles. The Morgan fingerprint density at radius 2 is 2.11 bits per heavy atom. The van der Waals surface area contributed by atoms with Gasteiger partial charge in [-0.25, -0.2) is 10.1 Å². The summed E-state index contributed by atoms with van der Waals surface area (Å²) in [5.74, 6) is -0.388. The van der Waals surface area contributed by atoms with Gasteiger partial charge < -0.3 is 4.90 Å². The van der Waals surface area contributed by atoms with Gasteiger partial charge in [-0.15, -0.1) is 5.10 Å². The maximum absolute atomic E-state index is 12.0. The summed E-state index contributed by atoms with van der Waals surface area (Å²) in [6, 6.07) is 12.0. The van der Waals surface area contributed by atoms with E-state index >= 15 is 0 Å². The number of aromatic nitrogens is 3. The highest BCUT2D eigenvalue weighted by Gasteiger charge is 2.15. The van der Waals surface area contributed by atoms with E-state index in [4.69, 9.17) is 0 Å². The number of benzene rings is 2. The third-order valence-electron chi connectivity index (χ3n) is 3.79. The van der Waals surface area contributed by atoms with Crippen molar-refractivity contribution >= 4 is 34.5 Å². The fourth-order valence-electron chi connectivity index (χ4n) is 2.53. The van der Waals surface area contributed by atoms with E-state index in [1.54, 1.807) is 37.2 Å². The van der Waals surface area contributed by atoms with Crippen LogP contribution >= 0.6 is 0 Å². The lowest BCUT2D eigenvalue weighted by molar-refractivity contribution is -0.384. The van der Waals surface area contributed by atoms with Gasteiger partial charge in [0.05, 0.1) is 16.7 Å². The molecule has 0 saturated heterocycles. The van der Waals surface area contributed by atoms with E-state index in [1.165, 1.54) is 17.0 Å². The number of hydrogen-bond donors (Lipinski definition) is 1. The van der Waals surface area contributed by atoms with E-state index in [0.717, 1.165) is 5.52 Å². The van der Waals surface area contributed by atoms with E-state index in [1.807, 2.05) is 18.2 Å². The first-order valence-electron chi connectivity index (χ1n) is 8.01. The van der Waals surface area contributed by atoms with Gasteiger partial charge in [0.1, 0.15) is 17.7 Å². The zero-order valence-corrected chi connectivity index (χ0v) is 14.7. The van der Waals surface area contributed by atoms with Crippen LogP contribution < -0.4 is 10.3 Å². The number of hydrogen-bond acceptors (Lipinski definition) is 7. The summed E-state index contributed by atoms with van der Waals surface area (Å²) in [6.45, 7) is -0.0441. The molecular formula is C17H17N7O3. The molecule has 138 valence electrons. The highest BCUT2D eigenvalue weighted by Crippen LogP contribution is 2.27. The van der Waals surface area contributed by atoms with Crippen molar-refractivity contribution in [2.45, 2.75) is 6.54 Å². The third kappa shape index (κ3) is 4.06. The van der Waals surface area contributed by atoms with Crippen LogP contribution in [-0.4, -0.2) is 46.1 Å². The number of fused-ring (bicyclic) bond motifs is 1. The van der Waals surface area contributed by atoms with Crippen molar-refractivity contribution in [3.8, 4) is 0 Å². The first-order valence-corrected chi connectivity index (χ1v) is 8.01. The molecule has 0 aliphatic heterocycles. The number of nitrogens with zero attached hydrogens (tertiary/aromatic N) is 6. The highest BCUT2D eigenvalue weighted by molar-refractivity contribution is 5.85. The Bertz CT molecular complexity index is 1030. The molecule has 1 aromatic heterocycles. The van der Waals surface area contributed by atoms with E-state index < -0.39 is 4.92 Å². The van der Waals surface area contributed by atoms with Gasteiger partial charge in [-0.2, -0.15) is 5.10 Å². The molecule has 10 nitrogen and oxygen atoms in total. The SMILES string of the molecule is CN(C)c1ccc(/C=N\NC(=O)Cn2nnc3ccccc32)cc1[N+](=O)[O-]. The van der Waals surface area contributed by atoms with Crippen molar-refractivity contribution < 1.29 is 9.72 Å². The summed E-state index contributed by atoms with van der Waals surface area (Å²) in [5, 5.41) is 23.0. The zero-order valence-electron chi connectivity index (χ0n) is 14.7. The quantitative estimate of drug-likeness (QED) is 0.401. The van der Waals surface area contributed by atoms with E-state index in [9.17, 15) is 14.9 Å². The van der Waals surface area contributed by atoms with Crippen LogP contribution in [0.1, 0.15) is 5.56 Å². The molecule has 2 aromatic carbocycles. The summed E-state index contributed by atoms with van der Waals surface area (Å²) in [6.07, 6.45) is 1.35. The molecule has 1 heterocycles. The van der Waals surface area contributed by atoms with Gasteiger partial charge in [0.2, 0.25) is 0 Å². The van der Waals surface area contributed by atoms with E-state index in [0.29, 0.717) is 16.8 Å². The van der Waals surface area contributed by atoms with Gasteiger partial charge in [-0.1, -0.05) is 23.4 Å². The Kier molecular flexibility index (Phi) is 5.06. The monoisotopic (exact) mass is 367 g/mol. The second-order valence-electron chi connectivity index (χ2n) is 5.93. The number of para-hydroxylation sites is 1. The van der Waals surface area contributed by atoms with Gasteiger partial charge in [0.15, 0.2) is 0 Å². The molecule has 0 atom stereocenters. The molecular weight excluding hydrogens is 350 g/mol. The van der Waals surface area contributed by atoms with Gasteiger partial charge in [-0.3, -0.25) is 14.9 Å². The molecule has 10 heteroatoms. The third-order valence-corrected chi connectivity index (χ3v) is 3.79. The minimum atomic E-state index is -0.457. The normalized spacial score (nSPS) is 11.0. The molecule has 1 N–H and O–H groups in total. The minimum Gasteiger partial charge on any atom is -0.372 e. The summed E-state index contributed by atoms with van der Waals surface area (Å²) in [5.41, 5.74) is 4.77. The topological polar surface area (TPSA) is 119 Å². The number of nitro groups is 1. The molecule has 1 amide bonds. The zero-order chi connectivity index (χ0) is 19.4. The van der Waals surface area contributed by atoms with E-state index in [-0.39, 0.29) is 18.1 Å². The average Bonchev–Trinajstić information content (AvgIpc) is 3.04. The molecule has 0 radical (unpaired) electrons. The molecule has 0 unspecified atom stereocenters. The Morgan fingerprint density at radius 1 is 1.33 bits per heavy atom. The van der Waals surface area contributed by atoms with Crippen molar-refractivity contribution in [2.24, 2.45) is 5.10 Å². The molecule has 0 fully saturated rings. The molecule has 0 bridgehead atoms. The van der Waals surface area contributed by atoms with Crippen LogP contribution in [0.15, 0.2) is 47.6 Å². The summed E-state index contributed by atoms with van der Waals surface area (Å²) < 4.78 is 1.47. The lowest BCUT2D eigenvalue weighted by atomic mass is 10.2.